The lowest BCUT2D eigenvalue weighted by atomic mass is 10.1. The van der Waals surface area contributed by atoms with Gasteiger partial charge in [0.2, 0.25) is 11.8 Å². The van der Waals surface area contributed by atoms with Gasteiger partial charge in [-0.1, -0.05) is 0 Å². The van der Waals surface area contributed by atoms with Gasteiger partial charge >= 0.3 is 0 Å². The van der Waals surface area contributed by atoms with Crippen molar-refractivity contribution in [3.8, 4) is 0 Å². The highest BCUT2D eigenvalue weighted by molar-refractivity contribution is 5.88. The first kappa shape index (κ1) is 11.0. The maximum absolute atomic E-state index is 11.4. The highest BCUT2D eigenvalue weighted by Crippen LogP contribution is 2.04. The van der Waals surface area contributed by atoms with Crippen LogP contribution in [-0.4, -0.2) is 38.1 Å². The molecule has 1 atom stereocenters. The van der Waals surface area contributed by atoms with Crippen LogP contribution < -0.4 is 10.6 Å². The molecule has 1 aliphatic rings. The lowest BCUT2D eigenvalue weighted by molar-refractivity contribution is -0.130. The number of rotatable bonds is 3. The molecule has 5 heteroatoms. The van der Waals surface area contributed by atoms with Gasteiger partial charge < -0.3 is 15.4 Å². The Morgan fingerprint density at radius 2 is 2.43 bits per heavy atom. The third-order valence-corrected chi connectivity index (χ3v) is 2.15. The second-order valence-corrected chi connectivity index (χ2v) is 3.34. The van der Waals surface area contributed by atoms with Crippen molar-refractivity contribution in [2.45, 2.75) is 25.3 Å². The van der Waals surface area contributed by atoms with E-state index in [9.17, 15) is 9.59 Å². The van der Waals surface area contributed by atoms with E-state index in [1.54, 1.807) is 0 Å². The van der Waals surface area contributed by atoms with Crippen LogP contribution in [0.1, 0.15) is 19.3 Å². The third-order valence-electron chi connectivity index (χ3n) is 2.15. The summed E-state index contributed by atoms with van der Waals surface area (Å²) in [6.07, 6.45) is 2.64. The molecule has 0 aromatic rings. The van der Waals surface area contributed by atoms with Crippen molar-refractivity contribution in [3.63, 3.8) is 0 Å². The Morgan fingerprint density at radius 3 is 3.14 bits per heavy atom. The van der Waals surface area contributed by atoms with Crippen LogP contribution in [0.5, 0.6) is 0 Å². The number of hydrogen-bond donors (Lipinski definition) is 2. The van der Waals surface area contributed by atoms with Gasteiger partial charge in [0.05, 0.1) is 0 Å². The van der Waals surface area contributed by atoms with Crippen molar-refractivity contribution < 1.29 is 14.3 Å². The Balaban J connectivity index is 2.40. The molecule has 2 N–H and O–H groups in total. The fraction of sp³-hybridized carbons (Fsp3) is 0.778. The monoisotopic (exact) mass is 200 g/mol. The van der Waals surface area contributed by atoms with Crippen molar-refractivity contribution in [1.29, 1.82) is 0 Å². The zero-order valence-electron chi connectivity index (χ0n) is 8.34. The van der Waals surface area contributed by atoms with Gasteiger partial charge in [0.1, 0.15) is 12.6 Å². The molecular formula is C9H16N2O3. The second-order valence-electron chi connectivity index (χ2n) is 3.34. The molecule has 0 aromatic heterocycles. The largest absolute Gasteiger partial charge is 0.375 e. The molecule has 0 aliphatic carbocycles. The zero-order chi connectivity index (χ0) is 10.4. The average Bonchev–Trinajstić information content (AvgIpc) is 2.33. The van der Waals surface area contributed by atoms with Crippen molar-refractivity contribution in [1.82, 2.24) is 10.6 Å². The molecule has 0 aromatic carbocycles. The predicted octanol–water partition coefficient (Wildman–Crippen LogP) is -0.582. The summed E-state index contributed by atoms with van der Waals surface area (Å²) in [7, 11) is 1.45. The SMILES string of the molecule is COCC(=O)N[C@H]1CCCCNC1=O. The minimum atomic E-state index is -0.389. The van der Waals surface area contributed by atoms with Gasteiger partial charge in [0.25, 0.3) is 0 Å². The third kappa shape index (κ3) is 3.33. The lowest BCUT2D eigenvalue weighted by Crippen LogP contribution is -2.46. The van der Waals surface area contributed by atoms with E-state index >= 15 is 0 Å². The van der Waals surface area contributed by atoms with Gasteiger partial charge in [-0.25, -0.2) is 0 Å². The average molecular weight is 200 g/mol. The molecule has 5 nitrogen and oxygen atoms in total. The zero-order valence-corrected chi connectivity index (χ0v) is 8.34. The van der Waals surface area contributed by atoms with Crippen molar-refractivity contribution >= 4 is 11.8 Å². The topological polar surface area (TPSA) is 67.4 Å². The number of methoxy groups -OCH3 is 1. The minimum absolute atomic E-state index is 0.00375. The number of carbonyl (C=O) groups is 2. The van der Waals surface area contributed by atoms with Crippen molar-refractivity contribution in [2.75, 3.05) is 20.3 Å². The molecule has 0 spiro atoms. The normalized spacial score (nSPS) is 22.4. The molecule has 0 radical (unpaired) electrons. The Morgan fingerprint density at radius 1 is 1.64 bits per heavy atom. The van der Waals surface area contributed by atoms with Gasteiger partial charge in [-0.15, -0.1) is 0 Å². The summed E-state index contributed by atoms with van der Waals surface area (Å²) in [5, 5.41) is 5.38. The van der Waals surface area contributed by atoms with Gasteiger partial charge in [-0.05, 0) is 19.3 Å². The van der Waals surface area contributed by atoms with Crippen LogP contribution in [-0.2, 0) is 14.3 Å². The van der Waals surface area contributed by atoms with Gasteiger partial charge in [-0.3, -0.25) is 9.59 Å². The Kier molecular flexibility index (Phi) is 4.39. The molecule has 1 fully saturated rings. The molecule has 14 heavy (non-hydrogen) atoms. The number of carbonyl (C=O) groups excluding carboxylic acids is 2. The first-order valence-corrected chi connectivity index (χ1v) is 4.80. The Labute approximate surface area is 83.2 Å². The van der Waals surface area contributed by atoms with E-state index in [4.69, 9.17) is 0 Å². The quantitative estimate of drug-likeness (QED) is 0.640. The number of amides is 2. The lowest BCUT2D eigenvalue weighted by Gasteiger charge is -2.14. The van der Waals surface area contributed by atoms with E-state index in [2.05, 4.69) is 15.4 Å². The Hall–Kier alpha value is -1.10. The second kappa shape index (κ2) is 5.59. The summed E-state index contributed by atoms with van der Waals surface area (Å²) in [5.41, 5.74) is 0. The van der Waals surface area contributed by atoms with Crippen LogP contribution in [0.3, 0.4) is 0 Å². The van der Waals surface area contributed by atoms with E-state index in [1.165, 1.54) is 7.11 Å². The standard InChI is InChI=1S/C9H16N2O3/c1-14-6-8(12)11-7-4-2-3-5-10-9(7)13/h7H,2-6H2,1H3,(H,10,13)(H,11,12)/t7-/m0/s1. The summed E-state index contributed by atoms with van der Waals surface area (Å²) < 4.78 is 4.67. The summed E-state index contributed by atoms with van der Waals surface area (Å²) >= 11 is 0. The van der Waals surface area contributed by atoms with Gasteiger partial charge in [0, 0.05) is 13.7 Å². The molecule has 1 rings (SSSR count). The van der Waals surface area contributed by atoms with E-state index in [0.717, 1.165) is 12.8 Å². The van der Waals surface area contributed by atoms with Gasteiger partial charge in [0.15, 0.2) is 0 Å². The molecule has 1 aliphatic heterocycles. The maximum atomic E-state index is 11.4. The van der Waals surface area contributed by atoms with Crippen LogP contribution in [0.15, 0.2) is 0 Å². The van der Waals surface area contributed by atoms with Crippen molar-refractivity contribution in [3.05, 3.63) is 0 Å². The molecule has 0 unspecified atom stereocenters. The van der Waals surface area contributed by atoms with E-state index < -0.39 is 0 Å². The van der Waals surface area contributed by atoms with Gasteiger partial charge in [-0.2, -0.15) is 0 Å². The fourth-order valence-electron chi connectivity index (χ4n) is 1.44. The smallest absolute Gasteiger partial charge is 0.246 e. The first-order chi connectivity index (χ1) is 6.74. The van der Waals surface area contributed by atoms with Crippen molar-refractivity contribution in [2.24, 2.45) is 0 Å². The summed E-state index contributed by atoms with van der Waals surface area (Å²) in [5.74, 6) is -0.332. The van der Waals surface area contributed by atoms with Crippen LogP contribution in [0, 0.1) is 0 Å². The van der Waals surface area contributed by atoms with Crippen LogP contribution >= 0.6 is 0 Å². The molecule has 80 valence electrons. The van der Waals surface area contributed by atoms with Crippen LogP contribution in [0.25, 0.3) is 0 Å². The molecule has 2 amide bonds. The molecule has 1 heterocycles. The number of nitrogens with one attached hydrogen (secondary N) is 2. The molecule has 0 saturated carbocycles. The molecular weight excluding hydrogens is 184 g/mol. The maximum Gasteiger partial charge on any atom is 0.246 e. The molecule has 0 bridgehead atoms. The minimum Gasteiger partial charge on any atom is -0.375 e. The summed E-state index contributed by atoms with van der Waals surface area (Å²) in [4.78, 5) is 22.5. The number of hydrogen-bond acceptors (Lipinski definition) is 3. The highest BCUT2D eigenvalue weighted by atomic mass is 16.5. The highest BCUT2D eigenvalue weighted by Gasteiger charge is 2.21. The Bertz CT molecular complexity index is 218. The summed E-state index contributed by atoms with van der Waals surface area (Å²) in [6.45, 7) is 0.708. The fourth-order valence-corrected chi connectivity index (χ4v) is 1.44. The predicted molar refractivity (Wildman–Crippen MR) is 50.7 cm³/mol. The van der Waals surface area contributed by atoms with E-state index in [0.29, 0.717) is 13.0 Å². The first-order valence-electron chi connectivity index (χ1n) is 4.80. The van der Waals surface area contributed by atoms with Crippen LogP contribution in [0.2, 0.25) is 0 Å². The van der Waals surface area contributed by atoms with Crippen LogP contribution in [0.4, 0.5) is 0 Å². The summed E-state index contributed by atoms with van der Waals surface area (Å²) in [6, 6.07) is -0.389. The van der Waals surface area contributed by atoms with E-state index in [1.807, 2.05) is 0 Å². The molecule has 1 saturated heterocycles. The van der Waals surface area contributed by atoms with E-state index in [-0.39, 0.29) is 24.5 Å². The number of ether oxygens (including phenoxy) is 1.